The molecule has 6 nitrogen and oxygen atoms in total. The summed E-state index contributed by atoms with van der Waals surface area (Å²) in [4.78, 5) is 25.4. The molecule has 0 saturated carbocycles. The lowest BCUT2D eigenvalue weighted by Crippen LogP contribution is -2.38. The van der Waals surface area contributed by atoms with Crippen LogP contribution in [0.15, 0.2) is 60.2 Å². The number of nitrogens with zero attached hydrogens (tertiary/aromatic N) is 2. The standard InChI is InChI=1S/C20H22N4O2S/c1-14(2)15-6-8-16(9-7-15)23-20(26)19(25)21-13-17(18-5-3-12-27-18)24-11-4-10-22-24/h3-12,14,17H,13H2,1-2H3,(H,21,25)(H,23,26). The molecule has 2 heterocycles. The van der Waals surface area contributed by atoms with E-state index >= 15 is 0 Å². The minimum atomic E-state index is -0.683. The molecule has 7 heteroatoms. The molecule has 0 bridgehead atoms. The Morgan fingerprint density at radius 2 is 1.89 bits per heavy atom. The lowest BCUT2D eigenvalue weighted by Gasteiger charge is -2.17. The normalized spacial score (nSPS) is 12.0. The number of carbonyl (C=O) groups is 2. The zero-order valence-electron chi connectivity index (χ0n) is 15.3. The van der Waals surface area contributed by atoms with Crippen molar-refractivity contribution in [2.75, 3.05) is 11.9 Å². The van der Waals surface area contributed by atoms with Crippen molar-refractivity contribution in [3.8, 4) is 0 Å². The average molecular weight is 382 g/mol. The third-order valence-corrected chi connectivity index (χ3v) is 5.19. The van der Waals surface area contributed by atoms with Crippen LogP contribution in [0.3, 0.4) is 0 Å². The fraction of sp³-hybridized carbons (Fsp3) is 0.250. The van der Waals surface area contributed by atoms with Gasteiger partial charge in [-0.25, -0.2) is 0 Å². The molecule has 0 aliphatic heterocycles. The molecule has 0 aliphatic carbocycles. The van der Waals surface area contributed by atoms with Gasteiger partial charge in [0, 0.05) is 29.5 Å². The molecule has 0 fully saturated rings. The Labute approximate surface area is 162 Å². The van der Waals surface area contributed by atoms with Gasteiger partial charge in [-0.3, -0.25) is 14.3 Å². The van der Waals surface area contributed by atoms with Gasteiger partial charge in [0.05, 0.1) is 0 Å². The largest absolute Gasteiger partial charge is 0.345 e. The molecule has 2 amide bonds. The zero-order chi connectivity index (χ0) is 19.2. The topological polar surface area (TPSA) is 76.0 Å². The first kappa shape index (κ1) is 18.8. The van der Waals surface area contributed by atoms with Gasteiger partial charge in [0.2, 0.25) is 0 Å². The van der Waals surface area contributed by atoms with E-state index < -0.39 is 11.8 Å². The van der Waals surface area contributed by atoms with Gasteiger partial charge in [0.25, 0.3) is 0 Å². The van der Waals surface area contributed by atoms with E-state index in [0.29, 0.717) is 11.6 Å². The minimum absolute atomic E-state index is 0.151. The number of anilines is 1. The number of benzene rings is 1. The highest BCUT2D eigenvalue weighted by molar-refractivity contribution is 7.10. The molecule has 140 valence electrons. The molecule has 1 aromatic carbocycles. The van der Waals surface area contributed by atoms with Crippen LogP contribution in [0.5, 0.6) is 0 Å². The van der Waals surface area contributed by atoms with Gasteiger partial charge in [-0.05, 0) is 41.1 Å². The third-order valence-electron chi connectivity index (χ3n) is 4.21. The summed E-state index contributed by atoms with van der Waals surface area (Å²) in [5.74, 6) is -0.941. The second-order valence-electron chi connectivity index (χ2n) is 6.46. The first-order chi connectivity index (χ1) is 13.0. The smallest absolute Gasteiger partial charge is 0.313 e. The van der Waals surface area contributed by atoms with Crippen molar-refractivity contribution < 1.29 is 9.59 Å². The quantitative estimate of drug-likeness (QED) is 0.642. The highest BCUT2D eigenvalue weighted by atomic mass is 32.1. The summed E-state index contributed by atoms with van der Waals surface area (Å²) in [6, 6.07) is 13.1. The Morgan fingerprint density at radius 3 is 2.48 bits per heavy atom. The van der Waals surface area contributed by atoms with E-state index in [0.717, 1.165) is 4.88 Å². The van der Waals surface area contributed by atoms with Crippen molar-refractivity contribution in [2.45, 2.75) is 25.8 Å². The molecule has 0 radical (unpaired) electrons. The SMILES string of the molecule is CC(C)c1ccc(NC(=O)C(=O)NCC(c2cccs2)n2cccn2)cc1. The van der Waals surface area contributed by atoms with Crippen molar-refractivity contribution in [2.24, 2.45) is 0 Å². The lowest BCUT2D eigenvalue weighted by atomic mass is 10.0. The van der Waals surface area contributed by atoms with Crippen LogP contribution in [0.2, 0.25) is 0 Å². The van der Waals surface area contributed by atoms with Crippen LogP contribution < -0.4 is 10.6 Å². The third kappa shape index (κ3) is 4.83. The number of hydrogen-bond donors (Lipinski definition) is 2. The summed E-state index contributed by atoms with van der Waals surface area (Å²) in [5.41, 5.74) is 1.77. The summed E-state index contributed by atoms with van der Waals surface area (Å²) in [5, 5.41) is 11.6. The molecule has 0 spiro atoms. The van der Waals surface area contributed by atoms with E-state index in [9.17, 15) is 9.59 Å². The molecule has 0 aliphatic rings. The van der Waals surface area contributed by atoms with E-state index in [1.54, 1.807) is 34.3 Å². The number of aromatic nitrogens is 2. The average Bonchev–Trinajstić information content (AvgIpc) is 3.36. The Bertz CT molecular complexity index is 837. The number of thiophene rings is 1. The van der Waals surface area contributed by atoms with Crippen LogP contribution in [0, 0.1) is 0 Å². The van der Waals surface area contributed by atoms with E-state index in [1.807, 2.05) is 41.9 Å². The molecule has 2 N–H and O–H groups in total. The molecule has 27 heavy (non-hydrogen) atoms. The van der Waals surface area contributed by atoms with E-state index in [-0.39, 0.29) is 12.6 Å². The maximum absolute atomic E-state index is 12.2. The van der Waals surface area contributed by atoms with Gasteiger partial charge < -0.3 is 10.6 Å². The van der Waals surface area contributed by atoms with Crippen molar-refractivity contribution in [3.05, 3.63) is 70.7 Å². The second kappa shape index (κ2) is 8.64. The maximum Gasteiger partial charge on any atom is 0.313 e. The summed E-state index contributed by atoms with van der Waals surface area (Å²) in [7, 11) is 0. The van der Waals surface area contributed by atoms with Gasteiger partial charge in [-0.1, -0.05) is 32.0 Å². The summed E-state index contributed by atoms with van der Waals surface area (Å²) >= 11 is 1.58. The predicted octanol–water partition coefficient (Wildman–Crippen LogP) is 3.41. The molecule has 1 unspecified atom stereocenters. The van der Waals surface area contributed by atoms with Crippen LogP contribution >= 0.6 is 11.3 Å². The summed E-state index contributed by atoms with van der Waals surface area (Å²) in [6.07, 6.45) is 3.53. The van der Waals surface area contributed by atoms with Crippen LogP contribution in [0.4, 0.5) is 5.69 Å². The fourth-order valence-corrected chi connectivity index (χ4v) is 3.50. The van der Waals surface area contributed by atoms with E-state index in [4.69, 9.17) is 0 Å². The summed E-state index contributed by atoms with van der Waals surface area (Å²) < 4.78 is 1.77. The summed E-state index contributed by atoms with van der Waals surface area (Å²) in [6.45, 7) is 4.48. The number of rotatable bonds is 6. The molecule has 3 rings (SSSR count). The van der Waals surface area contributed by atoms with Crippen LogP contribution in [-0.4, -0.2) is 28.1 Å². The van der Waals surface area contributed by atoms with Crippen LogP contribution in [-0.2, 0) is 9.59 Å². The fourth-order valence-electron chi connectivity index (χ4n) is 2.68. The Hall–Kier alpha value is -2.93. The monoisotopic (exact) mass is 382 g/mol. The first-order valence-electron chi connectivity index (χ1n) is 8.76. The van der Waals surface area contributed by atoms with Gasteiger partial charge in [0.1, 0.15) is 6.04 Å². The van der Waals surface area contributed by atoms with Gasteiger partial charge in [-0.2, -0.15) is 5.10 Å². The van der Waals surface area contributed by atoms with Crippen LogP contribution in [0.1, 0.15) is 36.2 Å². The van der Waals surface area contributed by atoms with Crippen molar-refractivity contribution in [1.29, 1.82) is 0 Å². The van der Waals surface area contributed by atoms with Crippen molar-refractivity contribution >= 4 is 28.8 Å². The maximum atomic E-state index is 12.2. The highest BCUT2D eigenvalue weighted by Crippen LogP contribution is 2.22. The van der Waals surface area contributed by atoms with E-state index in [1.165, 1.54) is 5.56 Å². The molecule has 2 aromatic heterocycles. The van der Waals surface area contributed by atoms with Crippen LogP contribution in [0.25, 0.3) is 0 Å². The Balaban J connectivity index is 1.59. The number of carbonyl (C=O) groups excluding carboxylic acids is 2. The second-order valence-corrected chi connectivity index (χ2v) is 7.44. The van der Waals surface area contributed by atoms with Crippen molar-refractivity contribution in [1.82, 2.24) is 15.1 Å². The number of nitrogens with one attached hydrogen (secondary N) is 2. The van der Waals surface area contributed by atoms with Gasteiger partial charge >= 0.3 is 11.8 Å². The molecule has 3 aromatic rings. The highest BCUT2D eigenvalue weighted by Gasteiger charge is 2.19. The van der Waals surface area contributed by atoms with Crippen molar-refractivity contribution in [3.63, 3.8) is 0 Å². The Kier molecular flexibility index (Phi) is 6.03. The minimum Gasteiger partial charge on any atom is -0.345 e. The van der Waals surface area contributed by atoms with Gasteiger partial charge in [0.15, 0.2) is 0 Å². The molecule has 1 atom stereocenters. The zero-order valence-corrected chi connectivity index (χ0v) is 16.1. The molecular weight excluding hydrogens is 360 g/mol. The molecule has 0 saturated heterocycles. The van der Waals surface area contributed by atoms with Gasteiger partial charge in [-0.15, -0.1) is 11.3 Å². The first-order valence-corrected chi connectivity index (χ1v) is 9.64. The number of amides is 2. The predicted molar refractivity (Wildman–Crippen MR) is 107 cm³/mol. The lowest BCUT2D eigenvalue weighted by molar-refractivity contribution is -0.136. The Morgan fingerprint density at radius 1 is 1.11 bits per heavy atom. The number of hydrogen-bond acceptors (Lipinski definition) is 4. The van der Waals surface area contributed by atoms with E-state index in [2.05, 4.69) is 29.6 Å². The molecular formula is C20H22N4O2S.